The number of hydrogen-bond donors (Lipinski definition) is 1. The molecular formula is C15H23NO2. The molecule has 1 aromatic carbocycles. The van der Waals surface area contributed by atoms with Crippen molar-refractivity contribution in [3.05, 3.63) is 35.4 Å². The summed E-state index contributed by atoms with van der Waals surface area (Å²) in [6.07, 6.45) is 1.09. The van der Waals surface area contributed by atoms with Gasteiger partial charge in [-0.1, -0.05) is 38.1 Å². The molecule has 2 N–H and O–H groups in total. The number of hydrogen-bond acceptors (Lipinski definition) is 3. The summed E-state index contributed by atoms with van der Waals surface area (Å²) in [5, 5.41) is 0. The van der Waals surface area contributed by atoms with Gasteiger partial charge < -0.3 is 10.5 Å². The second kappa shape index (κ2) is 7.29. The van der Waals surface area contributed by atoms with E-state index in [1.807, 2.05) is 24.3 Å². The van der Waals surface area contributed by atoms with Crippen molar-refractivity contribution in [1.29, 1.82) is 0 Å². The number of methoxy groups -OCH3 is 1. The van der Waals surface area contributed by atoms with Crippen molar-refractivity contribution < 1.29 is 9.53 Å². The first kappa shape index (κ1) is 14.9. The van der Waals surface area contributed by atoms with E-state index in [0.29, 0.717) is 25.4 Å². The lowest BCUT2D eigenvalue weighted by atomic mass is 9.98. The van der Waals surface area contributed by atoms with Crippen molar-refractivity contribution in [2.45, 2.75) is 38.6 Å². The average molecular weight is 249 g/mol. The second-order valence-electron chi connectivity index (χ2n) is 4.95. The smallest absolute Gasteiger partial charge is 0.164 e. The van der Waals surface area contributed by atoms with Gasteiger partial charge in [-0.15, -0.1) is 0 Å². The van der Waals surface area contributed by atoms with Crippen LogP contribution in [0.3, 0.4) is 0 Å². The number of carbonyl (C=O) groups is 1. The highest BCUT2D eigenvalue weighted by Crippen LogP contribution is 2.16. The lowest BCUT2D eigenvalue weighted by Gasteiger charge is -2.11. The van der Waals surface area contributed by atoms with Crippen molar-refractivity contribution in [2.75, 3.05) is 13.7 Å². The molecular weight excluding hydrogens is 226 g/mol. The van der Waals surface area contributed by atoms with Crippen molar-refractivity contribution in [3.8, 4) is 0 Å². The van der Waals surface area contributed by atoms with Gasteiger partial charge in [-0.3, -0.25) is 4.79 Å². The van der Waals surface area contributed by atoms with Gasteiger partial charge in [0.2, 0.25) is 0 Å². The first-order valence-corrected chi connectivity index (χ1v) is 6.42. The summed E-state index contributed by atoms with van der Waals surface area (Å²) in [4.78, 5) is 12.0. The molecule has 0 aliphatic rings. The molecule has 18 heavy (non-hydrogen) atoms. The van der Waals surface area contributed by atoms with E-state index in [-0.39, 0.29) is 11.8 Å². The molecule has 3 nitrogen and oxygen atoms in total. The van der Waals surface area contributed by atoms with Crippen LogP contribution in [0.15, 0.2) is 24.3 Å². The summed E-state index contributed by atoms with van der Waals surface area (Å²) in [6, 6.07) is 7.68. The summed E-state index contributed by atoms with van der Waals surface area (Å²) >= 11 is 0. The third kappa shape index (κ3) is 4.59. The number of carbonyl (C=O) groups excluding carboxylic acids is 1. The third-order valence-electron chi connectivity index (χ3n) is 3.04. The van der Waals surface area contributed by atoms with Crippen LogP contribution in [0.25, 0.3) is 0 Å². The van der Waals surface area contributed by atoms with Crippen LogP contribution < -0.4 is 5.73 Å². The molecule has 3 heteroatoms. The Morgan fingerprint density at radius 1 is 1.28 bits per heavy atom. The molecule has 0 fully saturated rings. The Labute approximate surface area is 109 Å². The predicted molar refractivity (Wildman–Crippen MR) is 73.9 cm³/mol. The Kier molecular flexibility index (Phi) is 6.02. The first-order chi connectivity index (χ1) is 8.54. The number of ether oxygens (including phenoxy) is 1. The van der Waals surface area contributed by atoms with Crippen LogP contribution in [-0.4, -0.2) is 25.5 Å². The first-order valence-electron chi connectivity index (χ1n) is 6.42. The number of rotatable bonds is 7. The molecule has 0 aromatic heterocycles. The molecule has 1 atom stereocenters. The molecule has 0 bridgehead atoms. The fourth-order valence-electron chi connectivity index (χ4n) is 1.78. The monoisotopic (exact) mass is 249 g/mol. The number of nitrogens with two attached hydrogens (primary N) is 1. The highest BCUT2D eigenvalue weighted by Gasteiger charge is 2.11. The van der Waals surface area contributed by atoms with Gasteiger partial charge in [-0.2, -0.15) is 0 Å². The Bertz CT molecular complexity index is 371. The lowest BCUT2D eigenvalue weighted by molar-refractivity contribution is 0.0967. The Hall–Kier alpha value is -1.19. The minimum atomic E-state index is -0.123. The van der Waals surface area contributed by atoms with E-state index >= 15 is 0 Å². The van der Waals surface area contributed by atoms with E-state index in [1.165, 1.54) is 5.56 Å². The molecule has 1 aromatic rings. The average Bonchev–Trinajstić information content (AvgIpc) is 2.36. The maximum absolute atomic E-state index is 12.0. The van der Waals surface area contributed by atoms with Gasteiger partial charge in [0, 0.05) is 31.7 Å². The SMILES string of the molecule is COCCC(N)CC(=O)c1ccc(C(C)C)cc1. The highest BCUT2D eigenvalue weighted by atomic mass is 16.5. The second-order valence-corrected chi connectivity index (χ2v) is 4.95. The van der Waals surface area contributed by atoms with Crippen LogP contribution in [0.1, 0.15) is 48.5 Å². The van der Waals surface area contributed by atoms with Gasteiger partial charge in [-0.25, -0.2) is 0 Å². The van der Waals surface area contributed by atoms with E-state index in [2.05, 4.69) is 13.8 Å². The minimum absolute atomic E-state index is 0.105. The van der Waals surface area contributed by atoms with Crippen LogP contribution in [0.4, 0.5) is 0 Å². The number of Topliss-reactive ketones (excluding diaryl/α,β-unsaturated/α-hetero) is 1. The van der Waals surface area contributed by atoms with Gasteiger partial charge >= 0.3 is 0 Å². The molecule has 0 radical (unpaired) electrons. The normalized spacial score (nSPS) is 12.7. The van der Waals surface area contributed by atoms with Gasteiger partial charge in [0.15, 0.2) is 5.78 Å². The standard InChI is InChI=1S/C15H23NO2/c1-11(2)12-4-6-13(7-5-12)15(17)10-14(16)8-9-18-3/h4-7,11,14H,8-10,16H2,1-3H3. The molecule has 0 saturated carbocycles. The van der Waals surface area contributed by atoms with E-state index in [9.17, 15) is 4.79 Å². The van der Waals surface area contributed by atoms with Crippen molar-refractivity contribution in [2.24, 2.45) is 5.73 Å². The quantitative estimate of drug-likeness (QED) is 0.756. The predicted octanol–water partition coefficient (Wildman–Crippen LogP) is 2.75. The minimum Gasteiger partial charge on any atom is -0.385 e. The fourth-order valence-corrected chi connectivity index (χ4v) is 1.78. The Balaban J connectivity index is 2.56. The zero-order chi connectivity index (χ0) is 13.5. The molecule has 1 unspecified atom stereocenters. The molecule has 1 rings (SSSR count). The zero-order valence-electron chi connectivity index (χ0n) is 11.5. The molecule has 100 valence electrons. The van der Waals surface area contributed by atoms with Crippen LogP contribution in [0.5, 0.6) is 0 Å². The molecule has 0 heterocycles. The van der Waals surface area contributed by atoms with Gasteiger partial charge in [-0.05, 0) is 17.9 Å². The van der Waals surface area contributed by atoms with E-state index in [1.54, 1.807) is 7.11 Å². The maximum atomic E-state index is 12.0. The Morgan fingerprint density at radius 2 is 1.89 bits per heavy atom. The summed E-state index contributed by atoms with van der Waals surface area (Å²) in [7, 11) is 1.64. The largest absolute Gasteiger partial charge is 0.385 e. The van der Waals surface area contributed by atoms with Gasteiger partial charge in [0.25, 0.3) is 0 Å². The van der Waals surface area contributed by atoms with Gasteiger partial charge in [0.1, 0.15) is 0 Å². The van der Waals surface area contributed by atoms with E-state index in [4.69, 9.17) is 10.5 Å². The summed E-state index contributed by atoms with van der Waals surface area (Å²) in [5.74, 6) is 0.590. The van der Waals surface area contributed by atoms with E-state index in [0.717, 1.165) is 5.56 Å². The number of ketones is 1. The van der Waals surface area contributed by atoms with Crippen molar-refractivity contribution in [1.82, 2.24) is 0 Å². The molecule has 0 aliphatic carbocycles. The van der Waals surface area contributed by atoms with Crippen LogP contribution >= 0.6 is 0 Å². The van der Waals surface area contributed by atoms with E-state index < -0.39 is 0 Å². The van der Waals surface area contributed by atoms with Crippen LogP contribution in [-0.2, 0) is 4.74 Å². The third-order valence-corrected chi connectivity index (χ3v) is 3.04. The molecule has 0 saturated heterocycles. The zero-order valence-corrected chi connectivity index (χ0v) is 11.5. The van der Waals surface area contributed by atoms with Gasteiger partial charge in [0.05, 0.1) is 0 Å². The maximum Gasteiger partial charge on any atom is 0.164 e. The van der Waals surface area contributed by atoms with Crippen LogP contribution in [0.2, 0.25) is 0 Å². The summed E-state index contributed by atoms with van der Waals surface area (Å²) in [5.41, 5.74) is 7.86. The topological polar surface area (TPSA) is 52.3 Å². The van der Waals surface area contributed by atoms with Crippen LogP contribution in [0, 0.1) is 0 Å². The lowest BCUT2D eigenvalue weighted by Crippen LogP contribution is -2.25. The molecule has 0 spiro atoms. The van der Waals surface area contributed by atoms with Crippen molar-refractivity contribution >= 4 is 5.78 Å². The molecule has 0 amide bonds. The summed E-state index contributed by atoms with van der Waals surface area (Å²) in [6.45, 7) is 4.87. The van der Waals surface area contributed by atoms with Crippen molar-refractivity contribution in [3.63, 3.8) is 0 Å². The summed E-state index contributed by atoms with van der Waals surface area (Å²) < 4.78 is 4.95. The molecule has 0 aliphatic heterocycles. The highest BCUT2D eigenvalue weighted by molar-refractivity contribution is 5.96. The number of benzene rings is 1. The fraction of sp³-hybridized carbons (Fsp3) is 0.533. The Morgan fingerprint density at radius 3 is 2.39 bits per heavy atom.